The summed E-state index contributed by atoms with van der Waals surface area (Å²) in [6.45, 7) is 5.90. The molecule has 0 radical (unpaired) electrons. The lowest BCUT2D eigenvalue weighted by molar-refractivity contribution is -0.123. The van der Waals surface area contributed by atoms with Crippen molar-refractivity contribution in [2.75, 3.05) is 11.9 Å². The second-order valence-corrected chi connectivity index (χ2v) is 4.36. The van der Waals surface area contributed by atoms with Gasteiger partial charge in [0, 0.05) is 12.2 Å². The van der Waals surface area contributed by atoms with Gasteiger partial charge in [-0.3, -0.25) is 14.9 Å². The van der Waals surface area contributed by atoms with Crippen LogP contribution in [0.3, 0.4) is 0 Å². The van der Waals surface area contributed by atoms with E-state index in [9.17, 15) is 9.59 Å². The van der Waals surface area contributed by atoms with Crippen LogP contribution in [-0.2, 0) is 9.59 Å². The van der Waals surface area contributed by atoms with E-state index in [2.05, 4.69) is 16.0 Å². The van der Waals surface area contributed by atoms with Crippen LogP contribution in [0.1, 0.15) is 20.8 Å². The lowest BCUT2D eigenvalue weighted by Crippen LogP contribution is -2.49. The number of amides is 2. The number of benzene rings is 1. The average molecular weight is 263 g/mol. The van der Waals surface area contributed by atoms with E-state index < -0.39 is 12.1 Å². The van der Waals surface area contributed by atoms with Gasteiger partial charge in [-0.25, -0.2) is 0 Å². The molecule has 0 heterocycles. The smallest absolute Gasteiger partial charge is 0.241 e. The summed E-state index contributed by atoms with van der Waals surface area (Å²) in [7, 11) is 0. The normalized spacial score (nSPS) is 13.4. The van der Waals surface area contributed by atoms with E-state index in [-0.39, 0.29) is 11.8 Å². The minimum Gasteiger partial charge on any atom is -0.355 e. The largest absolute Gasteiger partial charge is 0.355 e. The zero-order valence-corrected chi connectivity index (χ0v) is 11.6. The van der Waals surface area contributed by atoms with E-state index in [0.29, 0.717) is 6.54 Å². The Balaban J connectivity index is 2.47. The van der Waals surface area contributed by atoms with E-state index >= 15 is 0 Å². The molecule has 3 N–H and O–H groups in total. The lowest BCUT2D eigenvalue weighted by atomic mass is 10.2. The molecule has 5 nitrogen and oxygen atoms in total. The Kier molecular flexibility index (Phi) is 6.02. The molecule has 0 aliphatic carbocycles. The van der Waals surface area contributed by atoms with E-state index in [1.165, 1.54) is 0 Å². The van der Waals surface area contributed by atoms with Crippen molar-refractivity contribution in [1.29, 1.82) is 0 Å². The second kappa shape index (κ2) is 7.53. The van der Waals surface area contributed by atoms with E-state index in [1.54, 1.807) is 13.8 Å². The number of hydrogen-bond acceptors (Lipinski definition) is 3. The Morgan fingerprint density at radius 3 is 2.21 bits per heavy atom. The number of carbonyl (C=O) groups excluding carboxylic acids is 2. The molecule has 1 aromatic carbocycles. The molecule has 0 saturated carbocycles. The maximum atomic E-state index is 11.9. The van der Waals surface area contributed by atoms with Crippen molar-refractivity contribution in [3.8, 4) is 0 Å². The van der Waals surface area contributed by atoms with E-state index in [1.807, 2.05) is 37.3 Å². The molecule has 2 unspecified atom stereocenters. The van der Waals surface area contributed by atoms with Crippen LogP contribution < -0.4 is 16.0 Å². The number of anilines is 1. The van der Waals surface area contributed by atoms with Gasteiger partial charge in [0.25, 0.3) is 0 Å². The minimum absolute atomic E-state index is 0.109. The fourth-order valence-electron chi connectivity index (χ4n) is 1.63. The van der Waals surface area contributed by atoms with Gasteiger partial charge in [-0.2, -0.15) is 0 Å². The molecule has 2 amide bonds. The molecular formula is C14H21N3O2. The predicted octanol–water partition coefficient (Wildman–Crippen LogP) is 1.13. The highest BCUT2D eigenvalue weighted by molar-refractivity contribution is 5.95. The molecule has 0 saturated heterocycles. The Morgan fingerprint density at radius 2 is 1.63 bits per heavy atom. The highest BCUT2D eigenvalue weighted by Crippen LogP contribution is 2.05. The molecule has 19 heavy (non-hydrogen) atoms. The Labute approximate surface area is 113 Å². The van der Waals surface area contributed by atoms with Gasteiger partial charge in [0.05, 0.1) is 12.1 Å². The summed E-state index contributed by atoms with van der Waals surface area (Å²) in [5, 5.41) is 8.45. The quantitative estimate of drug-likeness (QED) is 0.720. The average Bonchev–Trinajstić information content (AvgIpc) is 2.40. The third kappa shape index (κ3) is 5.09. The van der Waals surface area contributed by atoms with Crippen molar-refractivity contribution >= 4 is 17.5 Å². The number of likely N-dealkylation sites (N-methyl/N-ethyl adjacent to an activating group) is 1. The summed E-state index contributed by atoms with van der Waals surface area (Å²) in [5.41, 5.74) is 0.742. The van der Waals surface area contributed by atoms with Crippen LogP contribution in [0.5, 0.6) is 0 Å². The second-order valence-electron chi connectivity index (χ2n) is 4.36. The molecule has 1 rings (SSSR count). The molecule has 0 aliphatic heterocycles. The van der Waals surface area contributed by atoms with Gasteiger partial charge in [0.15, 0.2) is 0 Å². The van der Waals surface area contributed by atoms with Crippen LogP contribution in [0.25, 0.3) is 0 Å². The highest BCUT2D eigenvalue weighted by atomic mass is 16.2. The lowest BCUT2D eigenvalue weighted by Gasteiger charge is -2.19. The Bertz CT molecular complexity index is 420. The van der Waals surface area contributed by atoms with Gasteiger partial charge < -0.3 is 10.6 Å². The molecule has 0 aliphatic rings. The van der Waals surface area contributed by atoms with Crippen molar-refractivity contribution in [2.45, 2.75) is 32.9 Å². The molecule has 2 atom stereocenters. The van der Waals surface area contributed by atoms with Crippen LogP contribution in [-0.4, -0.2) is 30.4 Å². The van der Waals surface area contributed by atoms with Crippen molar-refractivity contribution in [2.24, 2.45) is 0 Å². The van der Waals surface area contributed by atoms with Gasteiger partial charge in [0.1, 0.15) is 0 Å². The number of rotatable bonds is 6. The minimum atomic E-state index is -0.446. The summed E-state index contributed by atoms with van der Waals surface area (Å²) in [6.07, 6.45) is 0. The summed E-state index contributed by atoms with van der Waals surface area (Å²) in [6, 6.07) is 8.37. The van der Waals surface area contributed by atoms with Crippen LogP contribution in [0.4, 0.5) is 5.69 Å². The fraction of sp³-hybridized carbons (Fsp3) is 0.429. The highest BCUT2D eigenvalue weighted by Gasteiger charge is 2.19. The van der Waals surface area contributed by atoms with E-state index in [0.717, 1.165) is 5.69 Å². The predicted molar refractivity (Wildman–Crippen MR) is 75.8 cm³/mol. The van der Waals surface area contributed by atoms with Crippen LogP contribution >= 0.6 is 0 Å². The fourth-order valence-corrected chi connectivity index (χ4v) is 1.63. The standard InChI is InChI=1S/C14H21N3O2/c1-4-15-13(18)10(2)16-11(3)14(19)17-12-8-6-5-7-9-12/h5-11,16H,4H2,1-3H3,(H,15,18)(H,17,19). The first-order chi connectivity index (χ1) is 9.04. The summed E-state index contributed by atoms with van der Waals surface area (Å²) < 4.78 is 0. The summed E-state index contributed by atoms with van der Waals surface area (Å²) in [4.78, 5) is 23.5. The monoisotopic (exact) mass is 263 g/mol. The van der Waals surface area contributed by atoms with Crippen LogP contribution in [0.2, 0.25) is 0 Å². The first-order valence-electron chi connectivity index (χ1n) is 6.44. The maximum Gasteiger partial charge on any atom is 0.241 e. The third-order valence-corrected chi connectivity index (χ3v) is 2.68. The van der Waals surface area contributed by atoms with Crippen molar-refractivity contribution < 1.29 is 9.59 Å². The van der Waals surface area contributed by atoms with Crippen molar-refractivity contribution in [1.82, 2.24) is 10.6 Å². The summed E-state index contributed by atoms with van der Waals surface area (Å²) >= 11 is 0. The Hall–Kier alpha value is -1.88. The number of para-hydroxylation sites is 1. The van der Waals surface area contributed by atoms with Gasteiger partial charge in [-0.15, -0.1) is 0 Å². The van der Waals surface area contributed by atoms with Gasteiger partial charge >= 0.3 is 0 Å². The number of nitrogens with one attached hydrogen (secondary N) is 3. The molecule has 5 heteroatoms. The van der Waals surface area contributed by atoms with E-state index in [4.69, 9.17) is 0 Å². The molecule has 1 aromatic rings. The number of carbonyl (C=O) groups is 2. The molecule has 104 valence electrons. The molecular weight excluding hydrogens is 242 g/mol. The van der Waals surface area contributed by atoms with Gasteiger partial charge in [0.2, 0.25) is 11.8 Å². The molecule has 0 fully saturated rings. The number of hydrogen-bond donors (Lipinski definition) is 3. The van der Waals surface area contributed by atoms with Crippen molar-refractivity contribution in [3.05, 3.63) is 30.3 Å². The molecule has 0 bridgehead atoms. The molecule has 0 aromatic heterocycles. The Morgan fingerprint density at radius 1 is 1.05 bits per heavy atom. The summed E-state index contributed by atoms with van der Waals surface area (Å²) in [5.74, 6) is -0.274. The third-order valence-electron chi connectivity index (χ3n) is 2.68. The first-order valence-corrected chi connectivity index (χ1v) is 6.44. The zero-order valence-electron chi connectivity index (χ0n) is 11.6. The maximum absolute atomic E-state index is 11.9. The SMILES string of the molecule is CCNC(=O)C(C)NC(C)C(=O)Nc1ccccc1. The van der Waals surface area contributed by atoms with Crippen LogP contribution in [0.15, 0.2) is 30.3 Å². The van der Waals surface area contributed by atoms with Crippen molar-refractivity contribution in [3.63, 3.8) is 0 Å². The zero-order chi connectivity index (χ0) is 14.3. The van der Waals surface area contributed by atoms with Crippen LogP contribution in [0, 0.1) is 0 Å². The topological polar surface area (TPSA) is 70.2 Å². The van der Waals surface area contributed by atoms with Gasteiger partial charge in [-0.05, 0) is 32.9 Å². The first kappa shape index (κ1) is 15.2. The van der Waals surface area contributed by atoms with Gasteiger partial charge in [-0.1, -0.05) is 18.2 Å². The molecule has 0 spiro atoms.